The van der Waals surface area contributed by atoms with Crippen molar-refractivity contribution < 1.29 is 9.32 Å². The van der Waals surface area contributed by atoms with Gasteiger partial charge in [-0.05, 0) is 38.8 Å². The fourth-order valence-electron chi connectivity index (χ4n) is 2.79. The maximum Gasteiger partial charge on any atom is 0.292 e. The lowest BCUT2D eigenvalue weighted by Crippen LogP contribution is -2.36. The van der Waals surface area contributed by atoms with Crippen LogP contribution in [0.2, 0.25) is 0 Å². The molecule has 1 aromatic heterocycles. The van der Waals surface area contributed by atoms with Crippen molar-refractivity contribution in [3.63, 3.8) is 0 Å². The van der Waals surface area contributed by atoms with Crippen LogP contribution in [0.1, 0.15) is 55.2 Å². The predicted octanol–water partition coefficient (Wildman–Crippen LogP) is 0.708. The number of nitrogens with one attached hydrogen (secondary N) is 2. The van der Waals surface area contributed by atoms with Gasteiger partial charge in [0.15, 0.2) is 0 Å². The van der Waals surface area contributed by atoms with E-state index in [1.54, 1.807) is 0 Å². The minimum atomic E-state index is -0.255. The molecule has 3 rings (SSSR count). The Morgan fingerprint density at radius 2 is 2.33 bits per heavy atom. The SMILES string of the molecule is CCN(CCNC(=O)c1noc(C2CCCN2)n1)C1CC1. The molecule has 116 valence electrons. The number of nitrogens with zero attached hydrogens (tertiary/aromatic N) is 3. The van der Waals surface area contributed by atoms with Crippen LogP contribution in [0.3, 0.4) is 0 Å². The summed E-state index contributed by atoms with van der Waals surface area (Å²) in [6, 6.07) is 0.821. The number of rotatable bonds is 7. The van der Waals surface area contributed by atoms with Crippen molar-refractivity contribution in [2.45, 2.75) is 44.7 Å². The predicted molar refractivity (Wildman–Crippen MR) is 76.9 cm³/mol. The molecule has 2 heterocycles. The van der Waals surface area contributed by atoms with Gasteiger partial charge in [-0.25, -0.2) is 0 Å². The van der Waals surface area contributed by atoms with Crippen molar-refractivity contribution >= 4 is 5.91 Å². The first kappa shape index (κ1) is 14.5. The van der Waals surface area contributed by atoms with Gasteiger partial charge in [-0.15, -0.1) is 0 Å². The van der Waals surface area contributed by atoms with Crippen molar-refractivity contribution in [2.75, 3.05) is 26.2 Å². The molecule has 1 saturated heterocycles. The van der Waals surface area contributed by atoms with Crippen LogP contribution in [0.25, 0.3) is 0 Å². The number of carbonyl (C=O) groups is 1. The second-order valence-corrected chi connectivity index (χ2v) is 5.72. The first-order valence-electron chi connectivity index (χ1n) is 7.87. The molecule has 7 nitrogen and oxygen atoms in total. The minimum absolute atomic E-state index is 0.101. The van der Waals surface area contributed by atoms with Crippen molar-refractivity contribution in [3.8, 4) is 0 Å². The first-order chi connectivity index (χ1) is 10.3. The maximum absolute atomic E-state index is 12.0. The largest absolute Gasteiger partial charge is 0.348 e. The van der Waals surface area contributed by atoms with E-state index >= 15 is 0 Å². The smallest absolute Gasteiger partial charge is 0.292 e. The van der Waals surface area contributed by atoms with E-state index in [0.29, 0.717) is 12.4 Å². The Bertz CT molecular complexity index is 479. The molecule has 7 heteroatoms. The normalized spacial score (nSPS) is 21.9. The van der Waals surface area contributed by atoms with Crippen LogP contribution >= 0.6 is 0 Å². The van der Waals surface area contributed by atoms with E-state index in [0.717, 1.165) is 38.5 Å². The zero-order valence-electron chi connectivity index (χ0n) is 12.5. The third-order valence-corrected chi connectivity index (χ3v) is 4.16. The molecule has 1 unspecified atom stereocenters. The zero-order valence-corrected chi connectivity index (χ0v) is 12.5. The minimum Gasteiger partial charge on any atom is -0.348 e. The Kier molecular flexibility index (Phi) is 4.50. The number of hydrogen-bond acceptors (Lipinski definition) is 6. The van der Waals surface area contributed by atoms with E-state index < -0.39 is 0 Å². The maximum atomic E-state index is 12.0. The summed E-state index contributed by atoms with van der Waals surface area (Å²) in [7, 11) is 0. The average molecular weight is 293 g/mol. The van der Waals surface area contributed by atoms with Crippen molar-refractivity contribution in [3.05, 3.63) is 11.7 Å². The van der Waals surface area contributed by atoms with E-state index in [2.05, 4.69) is 32.6 Å². The van der Waals surface area contributed by atoms with E-state index in [4.69, 9.17) is 4.52 Å². The Hall–Kier alpha value is -1.47. The van der Waals surface area contributed by atoms with Crippen molar-refractivity contribution in [1.82, 2.24) is 25.7 Å². The zero-order chi connectivity index (χ0) is 14.7. The van der Waals surface area contributed by atoms with Gasteiger partial charge in [-0.2, -0.15) is 4.98 Å². The highest BCUT2D eigenvalue weighted by Gasteiger charge is 2.28. The van der Waals surface area contributed by atoms with E-state index in [9.17, 15) is 4.79 Å². The van der Waals surface area contributed by atoms with Crippen LogP contribution in [0.4, 0.5) is 0 Å². The lowest BCUT2D eigenvalue weighted by Gasteiger charge is -2.19. The van der Waals surface area contributed by atoms with Gasteiger partial charge in [0.2, 0.25) is 5.89 Å². The number of hydrogen-bond donors (Lipinski definition) is 2. The monoisotopic (exact) mass is 293 g/mol. The molecule has 21 heavy (non-hydrogen) atoms. The number of aromatic nitrogens is 2. The summed E-state index contributed by atoms with van der Waals surface area (Å²) in [5, 5.41) is 9.91. The molecule has 1 saturated carbocycles. The van der Waals surface area contributed by atoms with Crippen molar-refractivity contribution in [1.29, 1.82) is 0 Å². The van der Waals surface area contributed by atoms with Crippen LogP contribution < -0.4 is 10.6 Å². The fourth-order valence-corrected chi connectivity index (χ4v) is 2.79. The van der Waals surface area contributed by atoms with E-state index in [-0.39, 0.29) is 17.8 Å². The van der Waals surface area contributed by atoms with Gasteiger partial charge in [0, 0.05) is 19.1 Å². The summed E-state index contributed by atoms with van der Waals surface area (Å²) in [6.45, 7) is 5.64. The molecule has 0 radical (unpaired) electrons. The first-order valence-corrected chi connectivity index (χ1v) is 7.87. The third-order valence-electron chi connectivity index (χ3n) is 4.16. The van der Waals surface area contributed by atoms with Crippen LogP contribution in [-0.2, 0) is 0 Å². The van der Waals surface area contributed by atoms with Gasteiger partial charge in [-0.1, -0.05) is 12.1 Å². The Balaban J connectivity index is 1.46. The highest BCUT2D eigenvalue weighted by Crippen LogP contribution is 2.25. The summed E-state index contributed by atoms with van der Waals surface area (Å²) in [5.74, 6) is 0.397. The topological polar surface area (TPSA) is 83.3 Å². The summed E-state index contributed by atoms with van der Waals surface area (Å²) in [4.78, 5) is 18.6. The Morgan fingerprint density at radius 1 is 1.48 bits per heavy atom. The number of likely N-dealkylation sites (N-methyl/N-ethyl adjacent to an activating group) is 1. The quantitative estimate of drug-likeness (QED) is 0.770. The van der Waals surface area contributed by atoms with Gasteiger partial charge in [0.05, 0.1) is 6.04 Å². The lowest BCUT2D eigenvalue weighted by atomic mass is 10.2. The number of amides is 1. The van der Waals surface area contributed by atoms with Gasteiger partial charge < -0.3 is 15.2 Å². The van der Waals surface area contributed by atoms with E-state index in [1.165, 1.54) is 12.8 Å². The molecule has 1 atom stereocenters. The molecule has 0 spiro atoms. The molecular weight excluding hydrogens is 270 g/mol. The molecule has 2 fully saturated rings. The Morgan fingerprint density at radius 3 is 3.00 bits per heavy atom. The van der Waals surface area contributed by atoms with Crippen LogP contribution in [0.15, 0.2) is 4.52 Å². The lowest BCUT2D eigenvalue weighted by molar-refractivity contribution is 0.0934. The van der Waals surface area contributed by atoms with Crippen LogP contribution in [0, 0.1) is 0 Å². The second kappa shape index (κ2) is 6.53. The molecular formula is C14H23N5O2. The number of carbonyl (C=O) groups excluding carboxylic acids is 1. The van der Waals surface area contributed by atoms with E-state index in [1.807, 2.05) is 0 Å². The van der Waals surface area contributed by atoms with Crippen LogP contribution in [0.5, 0.6) is 0 Å². The molecule has 1 aliphatic heterocycles. The molecule has 1 amide bonds. The third kappa shape index (κ3) is 3.59. The van der Waals surface area contributed by atoms with Gasteiger partial charge in [0.1, 0.15) is 0 Å². The molecule has 1 aromatic rings. The molecule has 2 N–H and O–H groups in total. The Labute approximate surface area is 124 Å². The van der Waals surface area contributed by atoms with Gasteiger partial charge in [0.25, 0.3) is 11.7 Å². The van der Waals surface area contributed by atoms with Crippen LogP contribution in [-0.4, -0.2) is 53.2 Å². The highest BCUT2D eigenvalue weighted by atomic mass is 16.5. The van der Waals surface area contributed by atoms with Crippen molar-refractivity contribution in [2.24, 2.45) is 0 Å². The molecule has 2 aliphatic rings. The summed E-state index contributed by atoms with van der Waals surface area (Å²) in [5.41, 5.74) is 0. The molecule has 1 aliphatic carbocycles. The summed E-state index contributed by atoms with van der Waals surface area (Å²) in [6.07, 6.45) is 4.65. The average Bonchev–Trinajstić information content (AvgIpc) is 3.01. The molecule has 0 bridgehead atoms. The highest BCUT2D eigenvalue weighted by molar-refractivity contribution is 5.90. The van der Waals surface area contributed by atoms with Gasteiger partial charge >= 0.3 is 0 Å². The summed E-state index contributed by atoms with van der Waals surface area (Å²) < 4.78 is 5.17. The van der Waals surface area contributed by atoms with Gasteiger partial charge in [-0.3, -0.25) is 9.69 Å². The molecule has 0 aromatic carbocycles. The second-order valence-electron chi connectivity index (χ2n) is 5.72. The standard InChI is InChI=1S/C14H23N5O2/c1-2-19(10-5-6-10)9-8-16-13(20)12-17-14(21-18-12)11-4-3-7-15-11/h10-11,15H,2-9H2,1H3,(H,16,20). The fraction of sp³-hybridized carbons (Fsp3) is 0.786. The summed E-state index contributed by atoms with van der Waals surface area (Å²) >= 11 is 0.